The predicted molar refractivity (Wildman–Crippen MR) is 66.3 cm³/mol. The maximum absolute atomic E-state index is 4.36. The number of rotatable bonds is 8. The van der Waals surface area contributed by atoms with Crippen molar-refractivity contribution in [2.75, 3.05) is 0 Å². The lowest BCUT2D eigenvalue weighted by molar-refractivity contribution is 0.659. The second-order valence-corrected chi connectivity index (χ2v) is 4.27. The molecule has 0 N–H and O–H groups in total. The molecule has 0 atom stereocenters. The molecule has 0 saturated heterocycles. The van der Waals surface area contributed by atoms with Gasteiger partial charge in [0.25, 0.3) is 0 Å². The van der Waals surface area contributed by atoms with E-state index in [9.17, 15) is 0 Å². The minimum atomic E-state index is 1.04. The Balaban J connectivity index is 2.46. The number of unbranched alkanes of at least 4 members (excludes halogenated alkanes) is 4. The van der Waals surface area contributed by atoms with Gasteiger partial charge < -0.3 is 0 Å². The van der Waals surface area contributed by atoms with Crippen LogP contribution in [-0.4, -0.2) is 15.2 Å². The average molecular weight is 221 g/mol. The molecule has 90 valence electrons. The molecule has 1 aromatic heterocycles. The first-order valence-corrected chi connectivity index (χ1v) is 6.53. The van der Waals surface area contributed by atoms with Crippen LogP contribution in [0.2, 0.25) is 0 Å². The Morgan fingerprint density at radius 1 is 0.875 bits per heavy atom. The first-order chi connectivity index (χ1) is 7.88. The molecule has 0 amide bonds. The van der Waals surface area contributed by atoms with Gasteiger partial charge in [-0.15, -0.1) is 5.10 Å². The molecule has 0 bridgehead atoms. The monoisotopic (exact) mass is 221 g/mol. The fourth-order valence-electron chi connectivity index (χ4n) is 1.81. The summed E-state index contributed by atoms with van der Waals surface area (Å²) < 4.78 is 0. The van der Waals surface area contributed by atoms with Crippen LogP contribution in [0.1, 0.15) is 63.8 Å². The van der Waals surface area contributed by atoms with Crippen LogP contribution in [0.25, 0.3) is 0 Å². The SMILES string of the molecule is CCCCCc1ncnnc1CCCCC. The molecular formula is C13H23N3. The third-order valence-corrected chi connectivity index (χ3v) is 2.81. The van der Waals surface area contributed by atoms with Crippen molar-refractivity contribution in [3.8, 4) is 0 Å². The van der Waals surface area contributed by atoms with E-state index in [1.165, 1.54) is 44.2 Å². The van der Waals surface area contributed by atoms with Crippen LogP contribution in [-0.2, 0) is 12.8 Å². The van der Waals surface area contributed by atoms with Crippen LogP contribution < -0.4 is 0 Å². The zero-order valence-electron chi connectivity index (χ0n) is 10.6. The minimum absolute atomic E-state index is 1.04. The second-order valence-electron chi connectivity index (χ2n) is 4.27. The first kappa shape index (κ1) is 13.1. The molecule has 3 heteroatoms. The molecule has 16 heavy (non-hydrogen) atoms. The van der Waals surface area contributed by atoms with Crippen LogP contribution in [0.3, 0.4) is 0 Å². The highest BCUT2D eigenvalue weighted by Gasteiger charge is 2.05. The summed E-state index contributed by atoms with van der Waals surface area (Å²) in [6.45, 7) is 4.44. The summed E-state index contributed by atoms with van der Waals surface area (Å²) in [4.78, 5) is 4.36. The number of nitrogens with zero attached hydrogens (tertiary/aromatic N) is 3. The lowest BCUT2D eigenvalue weighted by atomic mass is 10.1. The van der Waals surface area contributed by atoms with E-state index in [1.807, 2.05) is 0 Å². The summed E-state index contributed by atoms with van der Waals surface area (Å²) in [7, 11) is 0. The number of hydrogen-bond donors (Lipinski definition) is 0. The van der Waals surface area contributed by atoms with E-state index in [4.69, 9.17) is 0 Å². The molecule has 0 aliphatic rings. The van der Waals surface area contributed by atoms with Crippen LogP contribution in [0.5, 0.6) is 0 Å². The third-order valence-electron chi connectivity index (χ3n) is 2.81. The highest BCUT2D eigenvalue weighted by Crippen LogP contribution is 2.10. The van der Waals surface area contributed by atoms with E-state index in [0.29, 0.717) is 0 Å². The standard InChI is InChI=1S/C13H23N3/c1-3-5-7-9-12-13(10-8-6-4-2)16-15-11-14-12/h11H,3-10H2,1-2H3. The highest BCUT2D eigenvalue weighted by atomic mass is 15.1. The maximum atomic E-state index is 4.36. The van der Waals surface area contributed by atoms with E-state index in [0.717, 1.165) is 18.5 Å². The molecule has 0 aliphatic carbocycles. The molecule has 1 heterocycles. The van der Waals surface area contributed by atoms with E-state index in [-0.39, 0.29) is 0 Å². The van der Waals surface area contributed by atoms with Gasteiger partial charge in [-0.1, -0.05) is 39.5 Å². The Morgan fingerprint density at radius 3 is 2.12 bits per heavy atom. The van der Waals surface area contributed by atoms with Crippen LogP contribution in [0, 0.1) is 0 Å². The summed E-state index contributed by atoms with van der Waals surface area (Å²) in [6, 6.07) is 0. The minimum Gasteiger partial charge on any atom is -0.238 e. The Labute approximate surface area is 98.7 Å². The molecule has 3 nitrogen and oxygen atoms in total. The van der Waals surface area contributed by atoms with Gasteiger partial charge in [0.15, 0.2) is 0 Å². The molecule has 0 unspecified atom stereocenters. The number of hydrogen-bond acceptors (Lipinski definition) is 3. The van der Waals surface area contributed by atoms with Crippen molar-refractivity contribution in [1.29, 1.82) is 0 Å². The fourth-order valence-corrected chi connectivity index (χ4v) is 1.81. The van der Waals surface area contributed by atoms with Gasteiger partial charge in [-0.25, -0.2) is 4.98 Å². The van der Waals surface area contributed by atoms with Gasteiger partial charge in [0.05, 0.1) is 11.4 Å². The lowest BCUT2D eigenvalue weighted by Gasteiger charge is -2.05. The molecule has 0 spiro atoms. The van der Waals surface area contributed by atoms with E-state index in [2.05, 4.69) is 29.0 Å². The highest BCUT2D eigenvalue weighted by molar-refractivity contribution is 5.08. The zero-order chi connectivity index (χ0) is 11.6. The van der Waals surface area contributed by atoms with Crippen molar-refractivity contribution in [1.82, 2.24) is 15.2 Å². The van der Waals surface area contributed by atoms with Gasteiger partial charge in [0.2, 0.25) is 0 Å². The molecule has 1 aromatic rings. The second kappa shape index (κ2) is 8.20. The summed E-state index contributed by atoms with van der Waals surface area (Å²) in [5.74, 6) is 0. The number of aryl methyl sites for hydroxylation is 2. The van der Waals surface area contributed by atoms with Crippen LogP contribution in [0.15, 0.2) is 6.33 Å². The van der Waals surface area contributed by atoms with Crippen molar-refractivity contribution in [2.45, 2.75) is 65.2 Å². The summed E-state index contributed by atoms with van der Waals surface area (Å²) >= 11 is 0. The quantitative estimate of drug-likeness (QED) is 0.632. The van der Waals surface area contributed by atoms with E-state index >= 15 is 0 Å². The molecule has 0 radical (unpaired) electrons. The van der Waals surface area contributed by atoms with Gasteiger partial charge >= 0.3 is 0 Å². The maximum Gasteiger partial charge on any atom is 0.138 e. The molecule has 0 fully saturated rings. The Kier molecular flexibility index (Phi) is 6.70. The van der Waals surface area contributed by atoms with Gasteiger partial charge in [0.1, 0.15) is 6.33 Å². The Morgan fingerprint density at radius 2 is 1.50 bits per heavy atom. The van der Waals surface area contributed by atoms with Gasteiger partial charge in [-0.2, -0.15) is 5.10 Å². The molecule has 0 aromatic carbocycles. The van der Waals surface area contributed by atoms with E-state index in [1.54, 1.807) is 6.33 Å². The Hall–Kier alpha value is -0.990. The zero-order valence-corrected chi connectivity index (χ0v) is 10.6. The normalized spacial score (nSPS) is 10.6. The van der Waals surface area contributed by atoms with Crippen molar-refractivity contribution in [3.63, 3.8) is 0 Å². The van der Waals surface area contributed by atoms with Gasteiger partial charge in [-0.05, 0) is 25.7 Å². The van der Waals surface area contributed by atoms with Crippen molar-refractivity contribution >= 4 is 0 Å². The summed E-state index contributed by atoms with van der Waals surface area (Å²) in [5.41, 5.74) is 2.28. The fraction of sp³-hybridized carbons (Fsp3) is 0.769. The molecular weight excluding hydrogens is 198 g/mol. The van der Waals surface area contributed by atoms with Gasteiger partial charge in [-0.3, -0.25) is 0 Å². The smallest absolute Gasteiger partial charge is 0.138 e. The van der Waals surface area contributed by atoms with Crippen LogP contribution >= 0.6 is 0 Å². The molecule has 0 aliphatic heterocycles. The third kappa shape index (κ3) is 4.69. The summed E-state index contributed by atoms with van der Waals surface area (Å²) in [6.07, 6.45) is 11.1. The van der Waals surface area contributed by atoms with Crippen molar-refractivity contribution in [3.05, 3.63) is 17.7 Å². The largest absolute Gasteiger partial charge is 0.238 e. The molecule has 1 rings (SSSR count). The number of aromatic nitrogens is 3. The Bertz CT molecular complexity index is 257. The van der Waals surface area contributed by atoms with Crippen molar-refractivity contribution < 1.29 is 0 Å². The lowest BCUT2D eigenvalue weighted by Crippen LogP contribution is -2.03. The predicted octanol–water partition coefficient (Wildman–Crippen LogP) is 3.34. The topological polar surface area (TPSA) is 38.7 Å². The van der Waals surface area contributed by atoms with E-state index < -0.39 is 0 Å². The van der Waals surface area contributed by atoms with Crippen LogP contribution in [0.4, 0.5) is 0 Å². The summed E-state index contributed by atoms with van der Waals surface area (Å²) in [5, 5.41) is 8.11. The van der Waals surface area contributed by atoms with Gasteiger partial charge in [0, 0.05) is 0 Å². The first-order valence-electron chi connectivity index (χ1n) is 6.53. The average Bonchev–Trinajstić information content (AvgIpc) is 2.32. The van der Waals surface area contributed by atoms with Crippen molar-refractivity contribution in [2.24, 2.45) is 0 Å². The molecule has 0 saturated carbocycles.